The lowest BCUT2D eigenvalue weighted by molar-refractivity contribution is 0.431. The number of hydrogen-bond acceptors (Lipinski definition) is 3. The van der Waals surface area contributed by atoms with Crippen LogP contribution in [0.1, 0.15) is 39.8 Å². The Balaban J connectivity index is 2.40. The lowest BCUT2D eigenvalue weighted by Crippen LogP contribution is -2.28. The van der Waals surface area contributed by atoms with Crippen molar-refractivity contribution in [2.75, 3.05) is 13.1 Å². The van der Waals surface area contributed by atoms with Gasteiger partial charge in [0.05, 0.1) is 5.69 Å². The van der Waals surface area contributed by atoms with Gasteiger partial charge in [0, 0.05) is 24.0 Å². The molecule has 1 aromatic rings. The maximum atomic E-state index is 4.37. The highest BCUT2D eigenvalue weighted by molar-refractivity contribution is 5.09. The predicted molar refractivity (Wildman–Crippen MR) is 67.4 cm³/mol. The number of aromatic nitrogens is 2. The maximum absolute atomic E-state index is 4.37. The molecular formula is C13H23N3. The van der Waals surface area contributed by atoms with Crippen molar-refractivity contribution in [3.63, 3.8) is 0 Å². The first kappa shape index (κ1) is 13.1. The molecule has 0 fully saturated rings. The third kappa shape index (κ3) is 4.27. The Morgan fingerprint density at radius 1 is 1.31 bits per heavy atom. The minimum Gasteiger partial charge on any atom is -0.316 e. The molecule has 0 radical (unpaired) electrons. The van der Waals surface area contributed by atoms with E-state index in [2.05, 4.69) is 43.0 Å². The Kier molecular flexibility index (Phi) is 4.87. The first-order chi connectivity index (χ1) is 7.52. The topological polar surface area (TPSA) is 37.8 Å². The molecule has 1 heterocycles. The molecule has 16 heavy (non-hydrogen) atoms. The van der Waals surface area contributed by atoms with Crippen molar-refractivity contribution in [1.29, 1.82) is 0 Å². The highest BCUT2D eigenvalue weighted by atomic mass is 14.9. The largest absolute Gasteiger partial charge is 0.316 e. The molecule has 0 spiro atoms. The highest BCUT2D eigenvalue weighted by Crippen LogP contribution is 2.23. The Bertz CT molecular complexity index is 293. The van der Waals surface area contributed by atoms with Crippen LogP contribution in [0.5, 0.6) is 0 Å². The summed E-state index contributed by atoms with van der Waals surface area (Å²) in [5.74, 6) is 0.708. The van der Waals surface area contributed by atoms with E-state index in [0.717, 1.165) is 25.2 Å². The number of hydrogen-bond donors (Lipinski definition) is 1. The third-order valence-corrected chi connectivity index (χ3v) is 2.74. The number of rotatable bonds is 6. The average Bonchev–Trinajstić information content (AvgIpc) is 2.26. The van der Waals surface area contributed by atoms with Crippen LogP contribution in [-0.2, 0) is 5.41 Å². The molecule has 0 aliphatic rings. The Morgan fingerprint density at radius 2 is 2.06 bits per heavy atom. The first-order valence-electron chi connectivity index (χ1n) is 5.99. The maximum Gasteiger partial charge on any atom is 0.0643 e. The summed E-state index contributed by atoms with van der Waals surface area (Å²) in [7, 11) is 0. The van der Waals surface area contributed by atoms with Gasteiger partial charge in [-0.25, -0.2) is 0 Å². The molecule has 0 bridgehead atoms. The molecule has 0 saturated carbocycles. The van der Waals surface area contributed by atoms with E-state index < -0.39 is 0 Å². The van der Waals surface area contributed by atoms with Crippen LogP contribution < -0.4 is 5.32 Å². The number of nitrogens with one attached hydrogen (secondary N) is 1. The van der Waals surface area contributed by atoms with Crippen molar-refractivity contribution in [2.24, 2.45) is 5.92 Å². The van der Waals surface area contributed by atoms with Gasteiger partial charge in [-0.2, -0.15) is 0 Å². The van der Waals surface area contributed by atoms with Crippen LogP contribution in [0, 0.1) is 5.92 Å². The van der Waals surface area contributed by atoms with Crippen LogP contribution in [-0.4, -0.2) is 23.1 Å². The van der Waals surface area contributed by atoms with E-state index in [1.807, 2.05) is 6.20 Å². The van der Waals surface area contributed by atoms with Gasteiger partial charge in [-0.15, -0.1) is 0 Å². The minimum absolute atomic E-state index is 0.0955. The fourth-order valence-corrected chi connectivity index (χ4v) is 1.57. The molecule has 90 valence electrons. The second kappa shape index (κ2) is 5.94. The average molecular weight is 221 g/mol. The molecule has 0 saturated heterocycles. The van der Waals surface area contributed by atoms with Crippen molar-refractivity contribution in [2.45, 2.75) is 39.5 Å². The first-order valence-corrected chi connectivity index (χ1v) is 5.99. The molecule has 1 aromatic heterocycles. The molecule has 0 aliphatic heterocycles. The van der Waals surface area contributed by atoms with Crippen molar-refractivity contribution in [3.05, 3.63) is 24.3 Å². The lowest BCUT2D eigenvalue weighted by Gasteiger charge is -2.23. The Labute approximate surface area is 98.7 Å². The van der Waals surface area contributed by atoms with E-state index >= 15 is 0 Å². The highest BCUT2D eigenvalue weighted by Gasteiger charge is 2.21. The Hall–Kier alpha value is -0.960. The summed E-state index contributed by atoms with van der Waals surface area (Å²) in [5, 5.41) is 3.46. The summed E-state index contributed by atoms with van der Waals surface area (Å²) in [5.41, 5.74) is 1.17. The quantitative estimate of drug-likeness (QED) is 0.750. The van der Waals surface area contributed by atoms with Gasteiger partial charge in [0.2, 0.25) is 0 Å². The van der Waals surface area contributed by atoms with E-state index in [1.54, 1.807) is 12.4 Å². The summed E-state index contributed by atoms with van der Waals surface area (Å²) < 4.78 is 0. The fraction of sp³-hybridized carbons (Fsp3) is 0.692. The van der Waals surface area contributed by atoms with E-state index in [0.29, 0.717) is 5.92 Å². The normalized spacial score (nSPS) is 12.1. The van der Waals surface area contributed by atoms with Gasteiger partial charge >= 0.3 is 0 Å². The van der Waals surface area contributed by atoms with E-state index in [1.165, 1.54) is 0 Å². The van der Waals surface area contributed by atoms with Crippen LogP contribution >= 0.6 is 0 Å². The van der Waals surface area contributed by atoms with E-state index in [9.17, 15) is 0 Å². The summed E-state index contributed by atoms with van der Waals surface area (Å²) in [6.45, 7) is 11.0. The summed E-state index contributed by atoms with van der Waals surface area (Å²) in [4.78, 5) is 8.50. The van der Waals surface area contributed by atoms with Gasteiger partial charge in [0.1, 0.15) is 0 Å². The molecular weight excluding hydrogens is 198 g/mol. The van der Waals surface area contributed by atoms with Crippen LogP contribution in [0.4, 0.5) is 0 Å². The molecule has 0 aliphatic carbocycles. The van der Waals surface area contributed by atoms with Crippen molar-refractivity contribution in [3.8, 4) is 0 Å². The zero-order chi connectivity index (χ0) is 12.0. The van der Waals surface area contributed by atoms with Crippen LogP contribution in [0.2, 0.25) is 0 Å². The van der Waals surface area contributed by atoms with Crippen LogP contribution in [0.3, 0.4) is 0 Å². The van der Waals surface area contributed by atoms with Gasteiger partial charge < -0.3 is 5.32 Å². The second-order valence-corrected chi connectivity index (χ2v) is 5.32. The molecule has 0 aromatic carbocycles. The Morgan fingerprint density at radius 3 is 2.62 bits per heavy atom. The van der Waals surface area contributed by atoms with E-state index in [-0.39, 0.29) is 5.41 Å². The minimum atomic E-state index is 0.0955. The lowest BCUT2D eigenvalue weighted by atomic mass is 9.86. The zero-order valence-corrected chi connectivity index (χ0v) is 10.8. The summed E-state index contributed by atoms with van der Waals surface area (Å²) in [6.07, 6.45) is 6.43. The monoisotopic (exact) mass is 221 g/mol. The van der Waals surface area contributed by atoms with Crippen LogP contribution in [0.15, 0.2) is 18.6 Å². The van der Waals surface area contributed by atoms with Crippen molar-refractivity contribution in [1.82, 2.24) is 15.3 Å². The zero-order valence-electron chi connectivity index (χ0n) is 10.8. The van der Waals surface area contributed by atoms with Gasteiger partial charge in [-0.05, 0) is 25.4 Å². The van der Waals surface area contributed by atoms with Gasteiger partial charge in [0.15, 0.2) is 0 Å². The van der Waals surface area contributed by atoms with Gasteiger partial charge in [-0.3, -0.25) is 9.97 Å². The standard InChI is InChI=1S/C13H23N3/c1-11(2)9-14-6-5-13(3,4)12-10-15-7-8-16-12/h7-8,10-11,14H,5-6,9H2,1-4H3. The van der Waals surface area contributed by atoms with Gasteiger partial charge in [-0.1, -0.05) is 27.7 Å². The summed E-state index contributed by atoms with van der Waals surface area (Å²) >= 11 is 0. The predicted octanol–water partition coefficient (Wildman–Crippen LogP) is 2.39. The van der Waals surface area contributed by atoms with Crippen molar-refractivity contribution < 1.29 is 0 Å². The van der Waals surface area contributed by atoms with E-state index in [4.69, 9.17) is 0 Å². The SMILES string of the molecule is CC(C)CNCCC(C)(C)c1cnccn1. The second-order valence-electron chi connectivity index (χ2n) is 5.32. The third-order valence-electron chi connectivity index (χ3n) is 2.74. The molecule has 0 amide bonds. The summed E-state index contributed by atoms with van der Waals surface area (Å²) in [6, 6.07) is 0. The number of nitrogens with zero attached hydrogens (tertiary/aromatic N) is 2. The fourth-order valence-electron chi connectivity index (χ4n) is 1.57. The van der Waals surface area contributed by atoms with Gasteiger partial charge in [0.25, 0.3) is 0 Å². The van der Waals surface area contributed by atoms with Crippen LogP contribution in [0.25, 0.3) is 0 Å². The molecule has 1 rings (SSSR count). The molecule has 1 N–H and O–H groups in total. The van der Waals surface area contributed by atoms with Crippen molar-refractivity contribution >= 4 is 0 Å². The molecule has 3 nitrogen and oxygen atoms in total. The smallest absolute Gasteiger partial charge is 0.0643 e. The molecule has 0 atom stereocenters. The molecule has 0 unspecified atom stereocenters. The molecule has 3 heteroatoms.